The Morgan fingerprint density at radius 2 is 2.10 bits per heavy atom. The summed E-state index contributed by atoms with van der Waals surface area (Å²) < 4.78 is 5.71. The lowest BCUT2D eigenvalue weighted by Gasteiger charge is -2.24. The van der Waals surface area contributed by atoms with E-state index in [1.54, 1.807) is 31.2 Å². The van der Waals surface area contributed by atoms with Gasteiger partial charge in [-0.15, -0.1) is 0 Å². The molecule has 2 rings (SSSR count). The second-order valence-electron chi connectivity index (χ2n) is 5.14. The van der Waals surface area contributed by atoms with Crippen molar-refractivity contribution in [2.45, 2.75) is 26.4 Å². The number of rotatable bonds is 4. The summed E-state index contributed by atoms with van der Waals surface area (Å²) in [4.78, 5) is 25.6. The molecule has 0 aliphatic carbocycles. The van der Waals surface area contributed by atoms with E-state index in [2.05, 4.69) is 0 Å². The number of hydrogen-bond donors (Lipinski definition) is 0. The molecule has 4 nitrogen and oxygen atoms in total. The smallest absolute Gasteiger partial charge is 0.263 e. The van der Waals surface area contributed by atoms with E-state index in [0.29, 0.717) is 11.3 Å². The van der Waals surface area contributed by atoms with Gasteiger partial charge in [0.1, 0.15) is 5.75 Å². The van der Waals surface area contributed by atoms with Crippen LogP contribution in [0.3, 0.4) is 0 Å². The SMILES string of the molecule is CC(=O)c1cccc(O[C@H](C)C(=O)N2CCCSCC2)c1. The topological polar surface area (TPSA) is 46.6 Å². The van der Waals surface area contributed by atoms with Crippen molar-refractivity contribution in [2.24, 2.45) is 0 Å². The van der Waals surface area contributed by atoms with Crippen LogP contribution in [0.5, 0.6) is 5.75 Å². The molecule has 0 spiro atoms. The number of ketones is 1. The lowest BCUT2D eigenvalue weighted by molar-refractivity contribution is -0.137. The number of amides is 1. The summed E-state index contributed by atoms with van der Waals surface area (Å²) in [5, 5.41) is 0. The Morgan fingerprint density at radius 3 is 2.86 bits per heavy atom. The summed E-state index contributed by atoms with van der Waals surface area (Å²) in [6.07, 6.45) is 0.499. The van der Waals surface area contributed by atoms with Gasteiger partial charge in [0.05, 0.1) is 0 Å². The van der Waals surface area contributed by atoms with Crippen LogP contribution in [0.4, 0.5) is 0 Å². The van der Waals surface area contributed by atoms with Gasteiger partial charge in [-0.25, -0.2) is 0 Å². The molecule has 1 heterocycles. The quantitative estimate of drug-likeness (QED) is 0.802. The van der Waals surface area contributed by atoms with Crippen molar-refractivity contribution in [3.63, 3.8) is 0 Å². The molecule has 5 heteroatoms. The Labute approximate surface area is 129 Å². The summed E-state index contributed by atoms with van der Waals surface area (Å²) in [7, 11) is 0. The molecule has 1 aromatic rings. The fraction of sp³-hybridized carbons (Fsp3) is 0.500. The number of carbonyl (C=O) groups is 2. The molecule has 1 amide bonds. The van der Waals surface area contributed by atoms with Gasteiger partial charge >= 0.3 is 0 Å². The maximum atomic E-state index is 12.4. The van der Waals surface area contributed by atoms with Crippen molar-refractivity contribution in [2.75, 3.05) is 24.6 Å². The van der Waals surface area contributed by atoms with Crippen molar-refractivity contribution in [1.82, 2.24) is 4.90 Å². The zero-order valence-electron chi connectivity index (χ0n) is 12.5. The van der Waals surface area contributed by atoms with Crippen LogP contribution in [0.15, 0.2) is 24.3 Å². The molecule has 0 N–H and O–H groups in total. The molecule has 0 bridgehead atoms. The maximum absolute atomic E-state index is 12.4. The highest BCUT2D eigenvalue weighted by molar-refractivity contribution is 7.99. The largest absolute Gasteiger partial charge is 0.481 e. The van der Waals surface area contributed by atoms with Crippen LogP contribution in [-0.2, 0) is 4.79 Å². The van der Waals surface area contributed by atoms with Crippen LogP contribution in [-0.4, -0.2) is 47.3 Å². The van der Waals surface area contributed by atoms with Gasteiger partial charge in [-0.05, 0) is 38.2 Å². The Kier molecular flexibility index (Phi) is 5.67. The summed E-state index contributed by atoms with van der Waals surface area (Å²) in [6, 6.07) is 6.97. The van der Waals surface area contributed by atoms with Crippen LogP contribution in [0.25, 0.3) is 0 Å². The van der Waals surface area contributed by atoms with Gasteiger partial charge in [-0.1, -0.05) is 12.1 Å². The number of carbonyl (C=O) groups excluding carboxylic acids is 2. The van der Waals surface area contributed by atoms with Crippen molar-refractivity contribution in [3.8, 4) is 5.75 Å². The van der Waals surface area contributed by atoms with Crippen molar-refractivity contribution in [1.29, 1.82) is 0 Å². The third-order valence-electron chi connectivity index (χ3n) is 3.44. The van der Waals surface area contributed by atoms with E-state index in [0.717, 1.165) is 31.0 Å². The average molecular weight is 307 g/mol. The number of Topliss-reactive ketones (excluding diaryl/α,β-unsaturated/α-hetero) is 1. The first-order chi connectivity index (χ1) is 10.1. The van der Waals surface area contributed by atoms with Gasteiger partial charge in [0.25, 0.3) is 5.91 Å². The minimum atomic E-state index is -0.532. The van der Waals surface area contributed by atoms with Crippen molar-refractivity contribution >= 4 is 23.5 Å². The monoisotopic (exact) mass is 307 g/mol. The molecule has 0 saturated carbocycles. The van der Waals surface area contributed by atoms with Crippen LogP contribution in [0, 0.1) is 0 Å². The first-order valence-electron chi connectivity index (χ1n) is 7.22. The molecule has 0 radical (unpaired) electrons. The predicted octanol–water partition coefficient (Wildman–Crippen LogP) is 2.62. The normalized spacial score (nSPS) is 17.0. The first-order valence-corrected chi connectivity index (χ1v) is 8.37. The van der Waals surface area contributed by atoms with Crippen molar-refractivity contribution in [3.05, 3.63) is 29.8 Å². The molecule has 114 valence electrons. The minimum absolute atomic E-state index is 0.0102. The third kappa shape index (κ3) is 4.49. The van der Waals surface area contributed by atoms with Gasteiger partial charge in [-0.2, -0.15) is 11.8 Å². The molecule has 1 atom stereocenters. The highest BCUT2D eigenvalue weighted by atomic mass is 32.2. The molecule has 0 unspecified atom stereocenters. The van der Waals surface area contributed by atoms with E-state index in [9.17, 15) is 9.59 Å². The van der Waals surface area contributed by atoms with Gasteiger partial charge < -0.3 is 9.64 Å². The molecule has 1 aromatic carbocycles. The van der Waals surface area contributed by atoms with E-state index in [4.69, 9.17) is 4.74 Å². The van der Waals surface area contributed by atoms with Crippen LogP contribution in [0.2, 0.25) is 0 Å². The van der Waals surface area contributed by atoms with Crippen LogP contribution in [0.1, 0.15) is 30.6 Å². The number of ether oxygens (including phenoxy) is 1. The lowest BCUT2D eigenvalue weighted by atomic mass is 10.1. The first kappa shape index (κ1) is 15.9. The van der Waals surface area contributed by atoms with E-state index < -0.39 is 6.10 Å². The third-order valence-corrected chi connectivity index (χ3v) is 4.48. The lowest BCUT2D eigenvalue weighted by Crippen LogP contribution is -2.41. The Balaban J connectivity index is 1.99. The molecule has 1 fully saturated rings. The molecule has 1 saturated heterocycles. The highest BCUT2D eigenvalue weighted by Crippen LogP contribution is 2.17. The molecular formula is C16H21NO3S. The number of benzene rings is 1. The van der Waals surface area contributed by atoms with E-state index >= 15 is 0 Å². The Bertz CT molecular complexity index is 510. The van der Waals surface area contributed by atoms with E-state index in [-0.39, 0.29) is 11.7 Å². The standard InChI is InChI=1S/C16H21NO3S/c1-12(18)14-5-3-6-15(11-14)20-13(2)16(19)17-7-4-9-21-10-8-17/h3,5-6,11,13H,4,7-10H2,1-2H3/t13-/m1/s1. The van der Waals surface area contributed by atoms with Gasteiger partial charge in [-0.3, -0.25) is 9.59 Å². The molecule has 0 aromatic heterocycles. The molecule has 1 aliphatic heterocycles. The van der Waals surface area contributed by atoms with Crippen molar-refractivity contribution < 1.29 is 14.3 Å². The summed E-state index contributed by atoms with van der Waals surface area (Å²) in [5.74, 6) is 2.67. The fourth-order valence-electron chi connectivity index (χ4n) is 2.27. The Morgan fingerprint density at radius 1 is 1.29 bits per heavy atom. The highest BCUT2D eigenvalue weighted by Gasteiger charge is 2.23. The van der Waals surface area contributed by atoms with Gasteiger partial charge in [0.15, 0.2) is 11.9 Å². The van der Waals surface area contributed by atoms with Gasteiger partial charge in [0.2, 0.25) is 0 Å². The zero-order chi connectivity index (χ0) is 15.2. The van der Waals surface area contributed by atoms with Gasteiger partial charge in [0, 0.05) is 24.4 Å². The number of hydrogen-bond acceptors (Lipinski definition) is 4. The van der Waals surface area contributed by atoms with E-state index in [1.165, 1.54) is 6.92 Å². The molecule has 21 heavy (non-hydrogen) atoms. The zero-order valence-corrected chi connectivity index (χ0v) is 13.3. The average Bonchev–Trinajstić information content (AvgIpc) is 2.75. The summed E-state index contributed by atoms with van der Waals surface area (Å²) >= 11 is 1.89. The van der Waals surface area contributed by atoms with E-state index in [1.807, 2.05) is 16.7 Å². The van der Waals surface area contributed by atoms with Crippen LogP contribution >= 0.6 is 11.8 Å². The minimum Gasteiger partial charge on any atom is -0.481 e. The fourth-order valence-corrected chi connectivity index (χ4v) is 3.15. The second-order valence-corrected chi connectivity index (χ2v) is 6.36. The summed E-state index contributed by atoms with van der Waals surface area (Å²) in [5.41, 5.74) is 0.596. The molecule has 1 aliphatic rings. The maximum Gasteiger partial charge on any atom is 0.263 e. The summed E-state index contributed by atoms with van der Waals surface area (Å²) in [6.45, 7) is 4.86. The second kappa shape index (κ2) is 7.50. The number of nitrogens with zero attached hydrogens (tertiary/aromatic N) is 1. The number of thioether (sulfide) groups is 1. The van der Waals surface area contributed by atoms with Crippen LogP contribution < -0.4 is 4.74 Å². The Hall–Kier alpha value is -1.49. The molecular weight excluding hydrogens is 286 g/mol. The predicted molar refractivity (Wildman–Crippen MR) is 85.1 cm³/mol.